The van der Waals surface area contributed by atoms with Crippen molar-refractivity contribution >= 4 is 16.9 Å². The first-order valence-electron chi connectivity index (χ1n) is 6.48. The molecule has 2 aromatic rings. The lowest BCUT2D eigenvalue weighted by atomic mass is 10.1. The van der Waals surface area contributed by atoms with Crippen molar-refractivity contribution in [2.24, 2.45) is 0 Å². The van der Waals surface area contributed by atoms with Crippen LogP contribution in [0.5, 0.6) is 5.75 Å². The second-order valence-corrected chi connectivity index (χ2v) is 4.63. The Morgan fingerprint density at radius 2 is 2.15 bits per heavy atom. The fraction of sp³-hybridized carbons (Fsp3) is 0.333. The van der Waals surface area contributed by atoms with Gasteiger partial charge in [-0.2, -0.15) is 0 Å². The monoisotopic (exact) mass is 275 g/mol. The van der Waals surface area contributed by atoms with Crippen molar-refractivity contribution in [2.75, 3.05) is 7.11 Å². The van der Waals surface area contributed by atoms with Gasteiger partial charge in [-0.15, -0.1) is 0 Å². The Kier molecular flexibility index (Phi) is 4.08. The maximum absolute atomic E-state index is 12.0. The molecule has 0 aliphatic heterocycles. The van der Waals surface area contributed by atoms with E-state index < -0.39 is 11.5 Å². The number of nitrogens with one attached hydrogen (secondary N) is 1. The van der Waals surface area contributed by atoms with E-state index in [1.165, 1.54) is 6.07 Å². The summed E-state index contributed by atoms with van der Waals surface area (Å²) in [5, 5.41) is 3.40. The van der Waals surface area contributed by atoms with Crippen molar-refractivity contribution in [3.63, 3.8) is 0 Å². The molecule has 1 atom stereocenters. The van der Waals surface area contributed by atoms with E-state index in [1.54, 1.807) is 25.3 Å². The van der Waals surface area contributed by atoms with Crippen LogP contribution in [0.1, 0.15) is 30.6 Å². The number of carbonyl (C=O) groups is 1. The average Bonchev–Trinajstić information content (AvgIpc) is 2.45. The zero-order valence-corrected chi connectivity index (χ0v) is 11.7. The predicted molar refractivity (Wildman–Crippen MR) is 76.3 cm³/mol. The van der Waals surface area contributed by atoms with E-state index in [-0.39, 0.29) is 11.6 Å². The van der Waals surface area contributed by atoms with E-state index in [4.69, 9.17) is 9.15 Å². The standard InChI is InChI=1S/C15H17NO4/c1-4-9(2)16-14(17)12-8-10-7-11(19-3)5-6-13(10)20-15(12)18/h5-9H,4H2,1-3H3,(H,16,17)/t9-/m0/s1. The molecule has 106 valence electrons. The van der Waals surface area contributed by atoms with Gasteiger partial charge in [-0.3, -0.25) is 4.79 Å². The van der Waals surface area contributed by atoms with E-state index in [0.29, 0.717) is 16.7 Å². The SMILES string of the molecule is CC[C@H](C)NC(=O)c1cc2cc(OC)ccc2oc1=O. The van der Waals surface area contributed by atoms with E-state index in [9.17, 15) is 9.59 Å². The summed E-state index contributed by atoms with van der Waals surface area (Å²) in [5.74, 6) is 0.220. The minimum absolute atomic E-state index is 0.00269. The first-order valence-corrected chi connectivity index (χ1v) is 6.48. The van der Waals surface area contributed by atoms with Crippen LogP contribution < -0.4 is 15.7 Å². The maximum atomic E-state index is 12.0. The normalized spacial score (nSPS) is 12.2. The van der Waals surface area contributed by atoms with Crippen LogP contribution in [-0.4, -0.2) is 19.1 Å². The lowest BCUT2D eigenvalue weighted by Gasteiger charge is -2.10. The van der Waals surface area contributed by atoms with Gasteiger partial charge in [0.25, 0.3) is 5.91 Å². The lowest BCUT2D eigenvalue weighted by Crippen LogP contribution is -2.34. The number of hydrogen-bond acceptors (Lipinski definition) is 4. The summed E-state index contributed by atoms with van der Waals surface area (Å²) in [6, 6.07) is 6.60. The molecule has 0 unspecified atom stereocenters. The Morgan fingerprint density at radius 1 is 1.40 bits per heavy atom. The second kappa shape index (κ2) is 5.77. The molecule has 1 amide bonds. The number of ether oxygens (including phenoxy) is 1. The molecular formula is C15H17NO4. The summed E-state index contributed by atoms with van der Waals surface area (Å²) in [4.78, 5) is 23.9. The first-order chi connectivity index (χ1) is 9.55. The zero-order chi connectivity index (χ0) is 14.7. The van der Waals surface area contributed by atoms with Gasteiger partial charge in [-0.05, 0) is 37.6 Å². The van der Waals surface area contributed by atoms with Crippen molar-refractivity contribution < 1.29 is 13.9 Å². The third-order valence-electron chi connectivity index (χ3n) is 3.17. The molecule has 1 aromatic carbocycles. The molecule has 1 aromatic heterocycles. The molecule has 0 saturated carbocycles. The van der Waals surface area contributed by atoms with Crippen molar-refractivity contribution in [1.29, 1.82) is 0 Å². The molecular weight excluding hydrogens is 258 g/mol. The Morgan fingerprint density at radius 3 is 2.80 bits per heavy atom. The highest BCUT2D eigenvalue weighted by Gasteiger charge is 2.15. The van der Waals surface area contributed by atoms with Crippen molar-refractivity contribution in [3.8, 4) is 5.75 Å². The Bertz CT molecular complexity index is 690. The van der Waals surface area contributed by atoms with Crippen LogP contribution in [0.2, 0.25) is 0 Å². The summed E-state index contributed by atoms with van der Waals surface area (Å²) < 4.78 is 10.3. The summed E-state index contributed by atoms with van der Waals surface area (Å²) in [6.45, 7) is 3.84. The topological polar surface area (TPSA) is 68.5 Å². The zero-order valence-electron chi connectivity index (χ0n) is 11.7. The molecule has 0 fully saturated rings. The smallest absolute Gasteiger partial charge is 0.349 e. The van der Waals surface area contributed by atoms with E-state index in [1.807, 2.05) is 13.8 Å². The maximum Gasteiger partial charge on any atom is 0.349 e. The molecule has 1 heterocycles. The Hall–Kier alpha value is -2.30. The number of benzene rings is 1. The minimum Gasteiger partial charge on any atom is -0.497 e. The summed E-state index contributed by atoms with van der Waals surface area (Å²) in [6.07, 6.45) is 0.790. The number of hydrogen-bond donors (Lipinski definition) is 1. The third-order valence-corrected chi connectivity index (χ3v) is 3.17. The van der Waals surface area contributed by atoms with Crippen LogP contribution in [-0.2, 0) is 0 Å². The molecule has 5 heteroatoms. The molecule has 0 saturated heterocycles. The van der Waals surface area contributed by atoms with Gasteiger partial charge >= 0.3 is 5.63 Å². The number of rotatable bonds is 4. The Labute approximate surface area is 116 Å². The lowest BCUT2D eigenvalue weighted by molar-refractivity contribution is 0.0935. The van der Waals surface area contributed by atoms with Gasteiger partial charge in [-0.1, -0.05) is 6.92 Å². The van der Waals surface area contributed by atoms with E-state index in [2.05, 4.69) is 5.32 Å². The van der Waals surface area contributed by atoms with E-state index in [0.717, 1.165) is 6.42 Å². The summed E-state index contributed by atoms with van der Waals surface area (Å²) in [5.41, 5.74) is -0.203. The fourth-order valence-electron chi connectivity index (χ4n) is 1.79. The van der Waals surface area contributed by atoms with E-state index >= 15 is 0 Å². The molecule has 1 N–H and O–H groups in total. The van der Waals surface area contributed by atoms with Gasteiger partial charge in [0.1, 0.15) is 16.9 Å². The van der Waals surface area contributed by atoms with Crippen molar-refractivity contribution in [1.82, 2.24) is 5.32 Å². The van der Waals surface area contributed by atoms with Gasteiger partial charge in [0, 0.05) is 11.4 Å². The molecule has 2 rings (SSSR count). The highest BCUT2D eigenvalue weighted by atomic mass is 16.5. The van der Waals surface area contributed by atoms with Crippen LogP contribution in [0.4, 0.5) is 0 Å². The molecule has 0 aliphatic rings. The molecule has 5 nitrogen and oxygen atoms in total. The van der Waals surface area contributed by atoms with Gasteiger partial charge in [0.2, 0.25) is 0 Å². The second-order valence-electron chi connectivity index (χ2n) is 4.63. The van der Waals surface area contributed by atoms with Crippen LogP contribution >= 0.6 is 0 Å². The predicted octanol–water partition coefficient (Wildman–Crippen LogP) is 2.33. The molecule has 20 heavy (non-hydrogen) atoms. The number of methoxy groups -OCH3 is 1. The van der Waals surface area contributed by atoms with Crippen LogP contribution in [0.15, 0.2) is 33.5 Å². The fourth-order valence-corrected chi connectivity index (χ4v) is 1.79. The molecule has 0 bridgehead atoms. The minimum atomic E-state index is -0.636. The van der Waals surface area contributed by atoms with Crippen LogP contribution in [0.3, 0.4) is 0 Å². The Balaban J connectivity index is 2.45. The van der Waals surface area contributed by atoms with Gasteiger partial charge in [-0.25, -0.2) is 4.79 Å². The number of carbonyl (C=O) groups excluding carboxylic acids is 1. The van der Waals surface area contributed by atoms with Gasteiger partial charge < -0.3 is 14.5 Å². The number of fused-ring (bicyclic) bond motifs is 1. The molecule has 0 spiro atoms. The van der Waals surface area contributed by atoms with Gasteiger partial charge in [0.15, 0.2) is 0 Å². The highest BCUT2D eigenvalue weighted by molar-refractivity contribution is 5.96. The summed E-state index contributed by atoms with van der Waals surface area (Å²) in [7, 11) is 1.55. The molecule has 0 radical (unpaired) electrons. The van der Waals surface area contributed by atoms with Crippen LogP contribution in [0, 0.1) is 0 Å². The quantitative estimate of drug-likeness (QED) is 0.869. The number of amides is 1. The third kappa shape index (κ3) is 2.82. The van der Waals surface area contributed by atoms with Crippen molar-refractivity contribution in [3.05, 3.63) is 40.2 Å². The van der Waals surface area contributed by atoms with Gasteiger partial charge in [0.05, 0.1) is 7.11 Å². The van der Waals surface area contributed by atoms with Crippen molar-refractivity contribution in [2.45, 2.75) is 26.3 Å². The highest BCUT2D eigenvalue weighted by Crippen LogP contribution is 2.20. The first kappa shape index (κ1) is 14.1. The van der Waals surface area contributed by atoms with Crippen LogP contribution in [0.25, 0.3) is 11.0 Å². The molecule has 0 aliphatic carbocycles. The largest absolute Gasteiger partial charge is 0.497 e. The average molecular weight is 275 g/mol. The summed E-state index contributed by atoms with van der Waals surface area (Å²) >= 11 is 0.